The molecule has 4 heteroatoms. The highest BCUT2D eigenvalue weighted by Gasteiger charge is 2.08. The van der Waals surface area contributed by atoms with Crippen molar-refractivity contribution in [1.29, 1.82) is 0 Å². The number of esters is 1. The summed E-state index contributed by atoms with van der Waals surface area (Å²) in [4.78, 5) is 17.3. The molecule has 0 aromatic heterocycles. The zero-order chi connectivity index (χ0) is 16.5. The monoisotopic (exact) mass is 313 g/mol. The number of hydrogen-bond acceptors (Lipinski definition) is 4. The minimum atomic E-state index is -0.196. The van der Waals surface area contributed by atoms with Gasteiger partial charge in [0.15, 0.2) is 0 Å². The second kappa shape index (κ2) is 8.83. The smallest absolute Gasteiger partial charge is 0.306 e. The van der Waals surface area contributed by atoms with Crippen LogP contribution in [-0.2, 0) is 21.0 Å². The van der Waals surface area contributed by atoms with Crippen molar-refractivity contribution in [3.63, 3.8) is 0 Å². The third-order valence-electron chi connectivity index (χ3n) is 3.42. The summed E-state index contributed by atoms with van der Waals surface area (Å²) in [5.74, 6) is 0.455. The zero-order valence-corrected chi connectivity index (χ0v) is 13.5. The van der Waals surface area contributed by atoms with E-state index in [1.807, 2.05) is 49.5 Å². The van der Waals surface area contributed by atoms with Gasteiger partial charge in [-0.3, -0.25) is 4.79 Å². The topological polar surface area (TPSA) is 38.8 Å². The molecule has 0 aliphatic carbocycles. The Labute approximate surface area is 137 Å². The molecule has 23 heavy (non-hydrogen) atoms. The van der Waals surface area contributed by atoms with Crippen molar-refractivity contribution >= 4 is 5.97 Å². The lowest BCUT2D eigenvalue weighted by atomic mass is 10.2. The van der Waals surface area contributed by atoms with Crippen LogP contribution >= 0.6 is 0 Å². The third kappa shape index (κ3) is 6.43. The Hall–Kier alpha value is -2.49. The fourth-order valence-corrected chi connectivity index (χ4v) is 2.08. The lowest BCUT2D eigenvalue weighted by Crippen LogP contribution is -2.19. The summed E-state index contributed by atoms with van der Waals surface area (Å²) in [6, 6.07) is 9.66. The normalized spacial score (nSPS) is 13.4. The molecule has 0 N–H and O–H groups in total. The van der Waals surface area contributed by atoms with Crippen LogP contribution in [0.1, 0.15) is 31.7 Å². The van der Waals surface area contributed by atoms with Gasteiger partial charge in [-0.05, 0) is 25.0 Å². The number of nitrogens with zero attached hydrogens (tertiary/aromatic N) is 1. The fraction of sp³-hybridized carbons (Fsp3) is 0.316. The number of carbonyl (C=O) groups excluding carboxylic acids is 1. The zero-order valence-electron chi connectivity index (χ0n) is 13.5. The molecule has 122 valence electrons. The first kappa shape index (κ1) is 16.9. The van der Waals surface area contributed by atoms with E-state index in [4.69, 9.17) is 9.57 Å². The van der Waals surface area contributed by atoms with Crippen LogP contribution in [0.25, 0.3) is 0 Å². The molecule has 0 saturated carbocycles. The largest absolute Gasteiger partial charge is 0.461 e. The molecular weight excluding hydrogens is 290 g/mol. The first-order valence-corrected chi connectivity index (χ1v) is 7.80. The van der Waals surface area contributed by atoms with Gasteiger partial charge >= 0.3 is 5.97 Å². The van der Waals surface area contributed by atoms with E-state index in [0.29, 0.717) is 38.2 Å². The molecule has 1 aliphatic heterocycles. The van der Waals surface area contributed by atoms with Gasteiger partial charge in [-0.15, -0.1) is 0 Å². The predicted molar refractivity (Wildman–Crippen MR) is 89.9 cm³/mol. The molecule has 2 rings (SSSR count). The van der Waals surface area contributed by atoms with E-state index in [2.05, 4.69) is 12.7 Å². The van der Waals surface area contributed by atoms with Crippen LogP contribution in [0.15, 0.2) is 66.6 Å². The predicted octanol–water partition coefficient (Wildman–Crippen LogP) is 4.12. The average molecular weight is 313 g/mol. The van der Waals surface area contributed by atoms with Crippen molar-refractivity contribution in [2.45, 2.75) is 32.8 Å². The van der Waals surface area contributed by atoms with E-state index in [0.717, 1.165) is 5.56 Å². The van der Waals surface area contributed by atoms with Crippen LogP contribution in [0.3, 0.4) is 0 Å². The molecular formula is C19H23NO3. The van der Waals surface area contributed by atoms with Crippen LogP contribution in [0.2, 0.25) is 0 Å². The number of hydroxylamine groups is 2. The van der Waals surface area contributed by atoms with E-state index in [9.17, 15) is 4.79 Å². The van der Waals surface area contributed by atoms with E-state index in [1.165, 1.54) is 5.57 Å². The molecule has 0 radical (unpaired) electrons. The number of hydrogen-bond donors (Lipinski definition) is 0. The van der Waals surface area contributed by atoms with Gasteiger partial charge < -0.3 is 9.57 Å². The van der Waals surface area contributed by atoms with E-state index >= 15 is 0 Å². The second-order valence-electron chi connectivity index (χ2n) is 5.49. The number of carbonyl (C=O) groups is 1. The summed E-state index contributed by atoms with van der Waals surface area (Å²) in [6.45, 7) is 6.96. The van der Waals surface area contributed by atoms with E-state index in [1.54, 1.807) is 5.06 Å². The highest BCUT2D eigenvalue weighted by atomic mass is 16.7. The molecule has 0 fully saturated rings. The van der Waals surface area contributed by atoms with Gasteiger partial charge in [0.2, 0.25) is 0 Å². The first-order valence-electron chi connectivity index (χ1n) is 7.80. The average Bonchev–Trinajstić information content (AvgIpc) is 2.56. The number of benzene rings is 1. The minimum Gasteiger partial charge on any atom is -0.461 e. The van der Waals surface area contributed by atoms with E-state index < -0.39 is 0 Å². The van der Waals surface area contributed by atoms with Crippen molar-refractivity contribution in [3.05, 3.63) is 72.2 Å². The maximum atomic E-state index is 11.7. The Morgan fingerprint density at radius 2 is 2.04 bits per heavy atom. The molecule has 0 unspecified atom stereocenters. The molecule has 1 heterocycles. The summed E-state index contributed by atoms with van der Waals surface area (Å²) in [7, 11) is 0. The lowest BCUT2D eigenvalue weighted by Gasteiger charge is -2.22. The van der Waals surface area contributed by atoms with Crippen molar-refractivity contribution in [2.75, 3.05) is 6.54 Å². The van der Waals surface area contributed by atoms with Gasteiger partial charge in [0.1, 0.15) is 12.4 Å². The quantitative estimate of drug-likeness (QED) is 0.534. The summed E-state index contributed by atoms with van der Waals surface area (Å²) in [6.07, 6.45) is 7.61. The Bertz CT molecular complexity index is 590. The third-order valence-corrected chi connectivity index (χ3v) is 3.42. The van der Waals surface area contributed by atoms with Gasteiger partial charge in [0.05, 0.1) is 6.54 Å². The summed E-state index contributed by atoms with van der Waals surface area (Å²) < 4.78 is 5.23. The molecule has 0 saturated heterocycles. The van der Waals surface area contributed by atoms with Crippen LogP contribution in [0.4, 0.5) is 0 Å². The van der Waals surface area contributed by atoms with Crippen LogP contribution < -0.4 is 0 Å². The molecule has 1 aromatic rings. The second-order valence-corrected chi connectivity index (χ2v) is 5.49. The molecule has 0 amide bonds. The van der Waals surface area contributed by atoms with Gasteiger partial charge in [-0.2, -0.15) is 0 Å². The van der Waals surface area contributed by atoms with Crippen molar-refractivity contribution in [1.82, 2.24) is 5.06 Å². The minimum absolute atomic E-state index is 0.196. The number of ether oxygens (including phenoxy) is 1. The first-order chi connectivity index (χ1) is 11.1. The highest BCUT2D eigenvalue weighted by molar-refractivity contribution is 5.69. The Morgan fingerprint density at radius 3 is 2.74 bits per heavy atom. The summed E-state index contributed by atoms with van der Waals surface area (Å²) >= 11 is 0. The molecule has 0 spiro atoms. The van der Waals surface area contributed by atoms with Crippen molar-refractivity contribution in [3.8, 4) is 0 Å². The standard InChI is InChI=1S/C19H23NO3/c1-16-11-13-20(14-12-16)23-17(2)7-6-10-19(21)22-15-18-8-4-3-5-9-18/h3-5,8-9,11-13H,2,6-7,10,14-15H2,1H3. The highest BCUT2D eigenvalue weighted by Crippen LogP contribution is 2.13. The van der Waals surface area contributed by atoms with Gasteiger partial charge in [-0.1, -0.05) is 48.6 Å². The molecule has 4 nitrogen and oxygen atoms in total. The van der Waals surface area contributed by atoms with Crippen LogP contribution in [0, 0.1) is 0 Å². The van der Waals surface area contributed by atoms with Crippen LogP contribution in [0.5, 0.6) is 0 Å². The maximum absolute atomic E-state index is 11.7. The number of rotatable bonds is 8. The molecule has 0 bridgehead atoms. The fourth-order valence-electron chi connectivity index (χ4n) is 2.08. The molecule has 0 atom stereocenters. The summed E-state index contributed by atoms with van der Waals surface area (Å²) in [5.41, 5.74) is 2.21. The van der Waals surface area contributed by atoms with Gasteiger partial charge in [0, 0.05) is 19.0 Å². The maximum Gasteiger partial charge on any atom is 0.306 e. The summed E-state index contributed by atoms with van der Waals surface area (Å²) in [5, 5.41) is 1.73. The number of allylic oxidation sites excluding steroid dienone is 3. The Kier molecular flexibility index (Phi) is 6.48. The Morgan fingerprint density at radius 1 is 1.26 bits per heavy atom. The lowest BCUT2D eigenvalue weighted by molar-refractivity contribution is -0.145. The van der Waals surface area contributed by atoms with Crippen molar-refractivity contribution < 1.29 is 14.4 Å². The Balaban J connectivity index is 1.58. The molecule has 1 aromatic carbocycles. The van der Waals surface area contributed by atoms with E-state index in [-0.39, 0.29) is 5.97 Å². The SMILES string of the molecule is C=C(CCCC(=O)OCc1ccccc1)ON1C=CC(C)=CC1. The van der Waals surface area contributed by atoms with Crippen molar-refractivity contribution in [2.24, 2.45) is 0 Å². The van der Waals surface area contributed by atoms with Gasteiger partial charge in [0.25, 0.3) is 0 Å². The van der Waals surface area contributed by atoms with Crippen LogP contribution in [-0.4, -0.2) is 17.6 Å². The molecule has 1 aliphatic rings. The van der Waals surface area contributed by atoms with Gasteiger partial charge in [-0.25, -0.2) is 5.06 Å².